The lowest BCUT2D eigenvalue weighted by molar-refractivity contribution is -0.128. The van der Waals surface area contributed by atoms with E-state index in [0.29, 0.717) is 23.7 Å². The van der Waals surface area contributed by atoms with Gasteiger partial charge in [0, 0.05) is 29.1 Å². The summed E-state index contributed by atoms with van der Waals surface area (Å²) >= 11 is 1.78. The summed E-state index contributed by atoms with van der Waals surface area (Å²) in [4.78, 5) is 24.8. The summed E-state index contributed by atoms with van der Waals surface area (Å²) in [5.41, 5.74) is 0.913. The van der Waals surface area contributed by atoms with E-state index in [1.807, 2.05) is 20.9 Å². The van der Waals surface area contributed by atoms with Crippen molar-refractivity contribution in [3.63, 3.8) is 0 Å². The normalized spacial score (nSPS) is 17.3. The lowest BCUT2D eigenvalue weighted by Crippen LogP contribution is -2.56. The number of amides is 1. The molecule has 0 saturated carbocycles. The number of nitrogens with one attached hydrogen (secondary N) is 1. The summed E-state index contributed by atoms with van der Waals surface area (Å²) in [6.45, 7) is 13.5. The van der Waals surface area contributed by atoms with Crippen LogP contribution in [-0.2, 0) is 4.79 Å². The lowest BCUT2D eigenvalue weighted by Gasteiger charge is -2.33. The fraction of sp³-hybridized carbons (Fsp3) is 0.423. The first kappa shape index (κ1) is 29.2. The highest BCUT2D eigenvalue weighted by atomic mass is 32.1. The van der Waals surface area contributed by atoms with Crippen LogP contribution < -0.4 is 5.32 Å². The number of aromatic nitrogens is 1. The van der Waals surface area contributed by atoms with Gasteiger partial charge < -0.3 is 9.84 Å². The summed E-state index contributed by atoms with van der Waals surface area (Å²) in [7, 11) is 1.97. The Morgan fingerprint density at radius 1 is 1.21 bits per heavy atom. The predicted molar refractivity (Wildman–Crippen MR) is 137 cm³/mol. The Hall–Kier alpha value is -2.84. The maximum absolute atomic E-state index is 12.6. The maximum Gasteiger partial charge on any atom is 0.237 e. The van der Waals surface area contributed by atoms with Gasteiger partial charge >= 0.3 is 0 Å². The largest absolute Gasteiger partial charge is 0.356 e. The molecule has 4 rings (SSSR count). The van der Waals surface area contributed by atoms with Gasteiger partial charge in [0.1, 0.15) is 11.5 Å². The number of benzene rings is 1. The molecule has 1 aromatic carbocycles. The second kappa shape index (κ2) is 15.1. The van der Waals surface area contributed by atoms with E-state index in [4.69, 9.17) is 4.52 Å². The highest BCUT2D eigenvalue weighted by Gasteiger charge is 2.25. The third kappa shape index (κ3) is 11.3. The van der Waals surface area contributed by atoms with Gasteiger partial charge in [-0.25, -0.2) is 4.39 Å². The van der Waals surface area contributed by atoms with Crippen molar-refractivity contribution in [3.05, 3.63) is 64.2 Å². The molecule has 0 radical (unpaired) electrons. The van der Waals surface area contributed by atoms with Gasteiger partial charge in [0.25, 0.3) is 0 Å². The number of likely N-dealkylation sites (N-methyl/N-ethyl adjacent to an activating group) is 1. The van der Waals surface area contributed by atoms with Crippen molar-refractivity contribution >= 4 is 23.5 Å². The molecule has 6 nitrogen and oxygen atoms in total. The highest BCUT2D eigenvalue weighted by molar-refractivity contribution is 7.09. The van der Waals surface area contributed by atoms with Crippen LogP contribution in [0.1, 0.15) is 50.0 Å². The first-order valence-electron chi connectivity index (χ1n) is 11.2. The Labute approximate surface area is 206 Å². The van der Waals surface area contributed by atoms with Crippen molar-refractivity contribution in [2.45, 2.75) is 53.6 Å². The molecular weight excluding hydrogens is 453 g/mol. The molecule has 34 heavy (non-hydrogen) atoms. The van der Waals surface area contributed by atoms with E-state index < -0.39 is 0 Å². The molecule has 186 valence electrons. The van der Waals surface area contributed by atoms with Crippen LogP contribution in [0.2, 0.25) is 0 Å². The topological polar surface area (TPSA) is 75.4 Å². The smallest absolute Gasteiger partial charge is 0.237 e. The van der Waals surface area contributed by atoms with Crippen LogP contribution in [0.4, 0.5) is 4.39 Å². The van der Waals surface area contributed by atoms with E-state index in [1.54, 1.807) is 23.5 Å². The molecule has 1 N–H and O–H groups in total. The van der Waals surface area contributed by atoms with Gasteiger partial charge in [-0.2, -0.15) is 0 Å². The SMILES string of the molecule is CC(C)C.CC1CN(C)C(C)C(=O)N1.Cc1cccs1.O=Cc1cc(-c2ccc(F)cc2)on1. The van der Waals surface area contributed by atoms with Crippen molar-refractivity contribution in [3.8, 4) is 11.3 Å². The van der Waals surface area contributed by atoms with Gasteiger partial charge in [-0.1, -0.05) is 32.0 Å². The summed E-state index contributed by atoms with van der Waals surface area (Å²) in [6, 6.07) is 11.8. The standard InChI is InChI=1S/C10H6FNO2.C7H14N2O.C5H6S.C4H10/c11-8-3-1-7(2-4-8)10-5-9(6-13)12-14-10;1-5-4-9(3)6(2)7(10)8-5;1-5-3-2-4-6-5;1-4(2)3/h1-6H;5-6H,4H2,1-3H3,(H,8,10);2-4H,1H3;4H,1-3H3. The molecule has 3 aromatic rings. The van der Waals surface area contributed by atoms with E-state index >= 15 is 0 Å². The predicted octanol–water partition coefficient (Wildman–Crippen LogP) is 5.84. The number of nitrogens with zero attached hydrogens (tertiary/aromatic N) is 2. The minimum atomic E-state index is -0.316. The Kier molecular flexibility index (Phi) is 13.0. The van der Waals surface area contributed by atoms with E-state index in [-0.39, 0.29) is 23.5 Å². The van der Waals surface area contributed by atoms with E-state index in [2.05, 4.69) is 60.6 Å². The van der Waals surface area contributed by atoms with Crippen LogP contribution in [0.15, 0.2) is 52.4 Å². The fourth-order valence-corrected chi connectivity index (χ4v) is 3.18. The van der Waals surface area contributed by atoms with Gasteiger partial charge in [-0.15, -0.1) is 11.3 Å². The molecule has 0 aliphatic carbocycles. The molecule has 1 fully saturated rings. The number of aryl methyl sites for hydroxylation is 1. The molecule has 0 bridgehead atoms. The van der Waals surface area contributed by atoms with Crippen LogP contribution in [-0.4, -0.2) is 47.9 Å². The van der Waals surface area contributed by atoms with Crippen molar-refractivity contribution in [2.24, 2.45) is 5.92 Å². The molecule has 1 aliphatic heterocycles. The molecule has 1 aliphatic rings. The minimum Gasteiger partial charge on any atom is -0.356 e. The molecule has 8 heteroatoms. The summed E-state index contributed by atoms with van der Waals surface area (Å²) in [6.07, 6.45) is 0.594. The molecule has 0 spiro atoms. The van der Waals surface area contributed by atoms with Crippen LogP contribution in [0, 0.1) is 18.7 Å². The number of piperazine rings is 1. The summed E-state index contributed by atoms with van der Waals surface area (Å²) < 4.78 is 17.4. The number of carbonyl (C=O) groups is 2. The first-order chi connectivity index (χ1) is 16.0. The lowest BCUT2D eigenvalue weighted by atomic mass is 10.1. The summed E-state index contributed by atoms with van der Waals surface area (Å²) in [5.74, 6) is 1.11. The van der Waals surface area contributed by atoms with Gasteiger partial charge in [0.05, 0.1) is 6.04 Å². The van der Waals surface area contributed by atoms with E-state index in [0.717, 1.165) is 12.5 Å². The minimum absolute atomic E-state index is 0.0381. The molecule has 3 heterocycles. The molecule has 1 amide bonds. The quantitative estimate of drug-likeness (QED) is 0.458. The Bertz CT molecular complexity index is 969. The number of hydrogen-bond donors (Lipinski definition) is 1. The van der Waals surface area contributed by atoms with Crippen LogP contribution in [0.5, 0.6) is 0 Å². The number of hydrogen-bond acceptors (Lipinski definition) is 6. The second-order valence-electron chi connectivity index (χ2n) is 8.72. The third-order valence-corrected chi connectivity index (χ3v) is 5.23. The molecule has 2 unspecified atom stereocenters. The van der Waals surface area contributed by atoms with E-state index in [9.17, 15) is 14.0 Å². The van der Waals surface area contributed by atoms with Crippen molar-refractivity contribution in [2.75, 3.05) is 13.6 Å². The van der Waals surface area contributed by atoms with Gasteiger partial charge in [-0.05, 0) is 69.4 Å². The monoisotopic (exact) mass is 489 g/mol. The zero-order valence-corrected chi connectivity index (χ0v) is 21.9. The number of aldehydes is 1. The number of thiophene rings is 1. The number of halogens is 1. The average Bonchev–Trinajstić information content (AvgIpc) is 3.44. The third-order valence-electron chi connectivity index (χ3n) is 4.43. The molecular formula is C26H36FN3O3S. The van der Waals surface area contributed by atoms with E-state index in [1.165, 1.54) is 23.1 Å². The number of rotatable bonds is 2. The van der Waals surface area contributed by atoms with Gasteiger partial charge in [0.15, 0.2) is 12.0 Å². The average molecular weight is 490 g/mol. The summed E-state index contributed by atoms with van der Waals surface area (Å²) in [5, 5.41) is 8.45. The van der Waals surface area contributed by atoms with Crippen molar-refractivity contribution in [1.29, 1.82) is 0 Å². The molecule has 2 atom stereocenters. The van der Waals surface area contributed by atoms with Crippen LogP contribution in [0.3, 0.4) is 0 Å². The molecule has 2 aromatic heterocycles. The van der Waals surface area contributed by atoms with Crippen molar-refractivity contribution < 1.29 is 18.5 Å². The Morgan fingerprint density at radius 2 is 1.82 bits per heavy atom. The van der Waals surface area contributed by atoms with Gasteiger partial charge in [0.2, 0.25) is 5.91 Å². The fourth-order valence-electron chi connectivity index (χ4n) is 2.65. The van der Waals surface area contributed by atoms with Crippen LogP contribution >= 0.6 is 11.3 Å². The first-order valence-corrected chi connectivity index (χ1v) is 12.1. The van der Waals surface area contributed by atoms with Gasteiger partial charge in [-0.3, -0.25) is 14.5 Å². The zero-order valence-electron chi connectivity index (χ0n) is 21.0. The number of carbonyl (C=O) groups excluding carboxylic acids is 2. The highest BCUT2D eigenvalue weighted by Crippen LogP contribution is 2.19. The van der Waals surface area contributed by atoms with Crippen LogP contribution in [0.25, 0.3) is 11.3 Å². The zero-order chi connectivity index (χ0) is 25.7. The maximum atomic E-state index is 12.6. The second-order valence-corrected chi connectivity index (χ2v) is 9.87. The van der Waals surface area contributed by atoms with Crippen molar-refractivity contribution in [1.82, 2.24) is 15.4 Å². The Morgan fingerprint density at radius 3 is 2.24 bits per heavy atom. The molecule has 1 saturated heterocycles. The Balaban J connectivity index is 0.000000252.